The van der Waals surface area contributed by atoms with Crippen molar-refractivity contribution in [2.24, 2.45) is 0 Å². The molecule has 0 amide bonds. The summed E-state index contributed by atoms with van der Waals surface area (Å²) in [4.78, 5) is 10.5. The van der Waals surface area contributed by atoms with Gasteiger partial charge in [-0.05, 0) is 19.8 Å². The highest BCUT2D eigenvalue weighted by Gasteiger charge is 2.07. The molecular formula is C7H10O2. The lowest BCUT2D eigenvalue weighted by Crippen LogP contribution is -2.18. The van der Waals surface area contributed by atoms with Gasteiger partial charge in [0.2, 0.25) is 5.78 Å². The van der Waals surface area contributed by atoms with Gasteiger partial charge in [0.05, 0.1) is 0 Å². The fourth-order valence-electron chi connectivity index (χ4n) is 0.443. The number of ketones is 1. The van der Waals surface area contributed by atoms with Gasteiger partial charge >= 0.3 is 0 Å². The topological polar surface area (TPSA) is 26.3 Å². The molecule has 0 aliphatic carbocycles. The van der Waals surface area contributed by atoms with E-state index in [2.05, 4.69) is 0 Å². The van der Waals surface area contributed by atoms with Crippen LogP contribution in [0, 0.1) is 12.3 Å². The summed E-state index contributed by atoms with van der Waals surface area (Å²) in [5.41, 5.74) is 0. The summed E-state index contributed by atoms with van der Waals surface area (Å²) in [5.74, 6) is 1.69. The van der Waals surface area contributed by atoms with Crippen LogP contribution in [-0.2, 0) is 9.53 Å². The third kappa shape index (κ3) is 2.89. The van der Waals surface area contributed by atoms with Crippen LogP contribution in [0.1, 0.15) is 13.8 Å². The summed E-state index contributed by atoms with van der Waals surface area (Å²) in [6.07, 6.45) is 4.38. The summed E-state index contributed by atoms with van der Waals surface area (Å²) < 4.78 is 4.90. The van der Waals surface area contributed by atoms with Crippen molar-refractivity contribution in [3.8, 4) is 12.3 Å². The first-order valence-electron chi connectivity index (χ1n) is 2.84. The monoisotopic (exact) mass is 126 g/mol. The molecule has 0 aromatic rings. The summed E-state index contributed by atoms with van der Waals surface area (Å²) in [5, 5.41) is 0. The Morgan fingerprint density at radius 3 is 2.78 bits per heavy atom. The summed E-state index contributed by atoms with van der Waals surface area (Å²) in [6, 6.07) is 0. The number of carbonyl (C=O) groups excluding carboxylic acids is 1. The molecular weight excluding hydrogens is 116 g/mol. The number of terminal acetylenes is 1. The second-order valence-corrected chi connectivity index (χ2v) is 1.61. The van der Waals surface area contributed by atoms with Gasteiger partial charge in [0.15, 0.2) is 0 Å². The van der Waals surface area contributed by atoms with E-state index >= 15 is 0 Å². The smallest absolute Gasteiger partial charge is 0.233 e. The average molecular weight is 126 g/mol. The van der Waals surface area contributed by atoms with Crippen LogP contribution in [0.2, 0.25) is 0 Å². The third-order valence-corrected chi connectivity index (χ3v) is 0.928. The van der Waals surface area contributed by atoms with Gasteiger partial charge in [0.1, 0.15) is 6.10 Å². The Morgan fingerprint density at radius 1 is 1.89 bits per heavy atom. The van der Waals surface area contributed by atoms with Crippen LogP contribution >= 0.6 is 0 Å². The maximum absolute atomic E-state index is 10.5. The van der Waals surface area contributed by atoms with Gasteiger partial charge in [-0.25, -0.2) is 0 Å². The van der Waals surface area contributed by atoms with Crippen molar-refractivity contribution in [3.63, 3.8) is 0 Å². The predicted octanol–water partition coefficient (Wildman–Crippen LogP) is 0.614. The van der Waals surface area contributed by atoms with E-state index < -0.39 is 6.10 Å². The van der Waals surface area contributed by atoms with E-state index in [1.165, 1.54) is 0 Å². The van der Waals surface area contributed by atoms with E-state index in [4.69, 9.17) is 11.2 Å². The van der Waals surface area contributed by atoms with Crippen LogP contribution in [0.3, 0.4) is 0 Å². The molecule has 0 saturated heterocycles. The molecule has 50 valence electrons. The molecule has 0 heterocycles. The van der Waals surface area contributed by atoms with Crippen LogP contribution in [0.15, 0.2) is 0 Å². The second-order valence-electron chi connectivity index (χ2n) is 1.61. The minimum Gasteiger partial charge on any atom is -0.370 e. The molecule has 0 aliphatic heterocycles. The molecule has 0 bridgehead atoms. The van der Waals surface area contributed by atoms with Gasteiger partial charge in [-0.1, -0.05) is 0 Å². The van der Waals surface area contributed by atoms with E-state index in [0.29, 0.717) is 6.61 Å². The molecule has 1 atom stereocenters. The molecule has 1 unspecified atom stereocenters. The molecule has 0 saturated carbocycles. The SMILES string of the molecule is C#CC(=O)C(C)OCC. The minimum atomic E-state index is -0.444. The van der Waals surface area contributed by atoms with E-state index in [-0.39, 0.29) is 5.78 Å². The van der Waals surface area contributed by atoms with Crippen molar-refractivity contribution in [1.29, 1.82) is 0 Å². The number of rotatable bonds is 3. The Morgan fingerprint density at radius 2 is 2.44 bits per heavy atom. The molecule has 2 heteroatoms. The van der Waals surface area contributed by atoms with Gasteiger partial charge in [-0.15, -0.1) is 6.42 Å². The van der Waals surface area contributed by atoms with Gasteiger partial charge in [0.25, 0.3) is 0 Å². The maximum Gasteiger partial charge on any atom is 0.233 e. The predicted molar refractivity (Wildman–Crippen MR) is 34.9 cm³/mol. The Balaban J connectivity index is 3.62. The number of carbonyl (C=O) groups is 1. The van der Waals surface area contributed by atoms with Gasteiger partial charge in [-0.3, -0.25) is 4.79 Å². The quantitative estimate of drug-likeness (QED) is 0.409. The summed E-state index contributed by atoms with van der Waals surface area (Å²) >= 11 is 0. The highest BCUT2D eigenvalue weighted by molar-refractivity contribution is 5.98. The average Bonchev–Trinajstić information content (AvgIpc) is 1.87. The first-order chi connectivity index (χ1) is 4.22. The minimum absolute atomic E-state index is 0.295. The molecule has 9 heavy (non-hydrogen) atoms. The lowest BCUT2D eigenvalue weighted by molar-refractivity contribution is -0.123. The van der Waals surface area contributed by atoms with E-state index in [1.54, 1.807) is 6.92 Å². The van der Waals surface area contributed by atoms with Gasteiger partial charge < -0.3 is 4.74 Å². The summed E-state index contributed by atoms with van der Waals surface area (Å²) in [7, 11) is 0. The Bertz CT molecular complexity index is 132. The molecule has 0 aromatic carbocycles. The number of hydrogen-bond acceptors (Lipinski definition) is 2. The van der Waals surface area contributed by atoms with Crippen molar-refractivity contribution in [1.82, 2.24) is 0 Å². The van der Waals surface area contributed by atoms with Crippen LogP contribution in [0.4, 0.5) is 0 Å². The zero-order valence-electron chi connectivity index (χ0n) is 5.68. The molecule has 2 nitrogen and oxygen atoms in total. The molecule has 0 spiro atoms. The Kier molecular flexibility index (Phi) is 3.74. The van der Waals surface area contributed by atoms with Crippen LogP contribution in [0.5, 0.6) is 0 Å². The van der Waals surface area contributed by atoms with E-state index in [9.17, 15) is 4.79 Å². The van der Waals surface area contributed by atoms with Crippen molar-refractivity contribution in [3.05, 3.63) is 0 Å². The standard InChI is InChI=1S/C7H10O2/c1-4-7(8)6(3)9-5-2/h1,6H,5H2,2-3H3. The van der Waals surface area contributed by atoms with E-state index in [0.717, 1.165) is 0 Å². The summed E-state index contributed by atoms with van der Waals surface area (Å²) in [6.45, 7) is 3.99. The van der Waals surface area contributed by atoms with Crippen LogP contribution < -0.4 is 0 Å². The molecule has 0 aromatic heterocycles. The third-order valence-electron chi connectivity index (χ3n) is 0.928. The zero-order chi connectivity index (χ0) is 7.28. The van der Waals surface area contributed by atoms with Crippen LogP contribution in [-0.4, -0.2) is 18.5 Å². The molecule has 0 radical (unpaired) electrons. The normalized spacial score (nSPS) is 12.1. The fourth-order valence-corrected chi connectivity index (χ4v) is 0.443. The molecule has 0 aliphatic rings. The highest BCUT2D eigenvalue weighted by atomic mass is 16.5. The highest BCUT2D eigenvalue weighted by Crippen LogP contribution is 1.89. The zero-order valence-corrected chi connectivity index (χ0v) is 5.68. The van der Waals surface area contributed by atoms with Crippen molar-refractivity contribution < 1.29 is 9.53 Å². The van der Waals surface area contributed by atoms with E-state index in [1.807, 2.05) is 12.8 Å². The van der Waals surface area contributed by atoms with Gasteiger partial charge in [-0.2, -0.15) is 0 Å². The number of ether oxygens (including phenoxy) is 1. The second kappa shape index (κ2) is 4.11. The van der Waals surface area contributed by atoms with Crippen LogP contribution in [0.25, 0.3) is 0 Å². The maximum atomic E-state index is 10.5. The Hall–Kier alpha value is -0.810. The molecule has 0 rings (SSSR count). The molecule has 0 N–H and O–H groups in total. The number of hydrogen-bond donors (Lipinski definition) is 0. The molecule has 0 fully saturated rings. The fraction of sp³-hybridized carbons (Fsp3) is 0.571. The first-order valence-corrected chi connectivity index (χ1v) is 2.84. The largest absolute Gasteiger partial charge is 0.370 e. The Labute approximate surface area is 55.2 Å². The lowest BCUT2D eigenvalue weighted by Gasteiger charge is -2.04. The van der Waals surface area contributed by atoms with Crippen molar-refractivity contribution in [2.75, 3.05) is 6.61 Å². The van der Waals surface area contributed by atoms with Crippen molar-refractivity contribution >= 4 is 5.78 Å². The lowest BCUT2D eigenvalue weighted by atomic mass is 10.3. The van der Waals surface area contributed by atoms with Gasteiger partial charge in [0, 0.05) is 6.61 Å². The number of Topliss-reactive ketones (excluding diaryl/α,β-unsaturated/α-hetero) is 1. The first kappa shape index (κ1) is 8.19. The van der Waals surface area contributed by atoms with Crippen molar-refractivity contribution in [2.45, 2.75) is 20.0 Å².